The second-order valence-corrected chi connectivity index (χ2v) is 12.9. The standard InChI is InChI=1S/C39H38N2O7S/c1-24-33(23-49-39-41-34(28-11-6-4-7-12-28)36(48-39)29-13-8-5-9-14-29)46-38(47-35(24)30-19-17-27(22-42)18-20-30)31-15-10-16-32(21-31)40-37(44)25(2)45-26(3)43/h4-21,24-25,33,35,38,42H,22-23H2,1-3H3,(H,40,44)/t24-,25-,33+,35+,38?/m0/s1. The number of hydrogen-bond donors (Lipinski definition) is 2. The van der Waals surface area contributed by atoms with E-state index in [0.717, 1.165) is 27.9 Å². The van der Waals surface area contributed by atoms with Crippen molar-refractivity contribution in [2.45, 2.75) is 57.2 Å². The van der Waals surface area contributed by atoms with Gasteiger partial charge in [0, 0.05) is 41.0 Å². The molecule has 0 bridgehead atoms. The molecule has 0 saturated carbocycles. The van der Waals surface area contributed by atoms with Crippen molar-refractivity contribution in [3.8, 4) is 22.6 Å². The quantitative estimate of drug-likeness (QED) is 0.106. The van der Waals surface area contributed by atoms with Crippen LogP contribution in [0, 0.1) is 5.92 Å². The van der Waals surface area contributed by atoms with Crippen LogP contribution < -0.4 is 5.32 Å². The van der Waals surface area contributed by atoms with Gasteiger partial charge in [-0.1, -0.05) is 116 Å². The summed E-state index contributed by atoms with van der Waals surface area (Å²) >= 11 is 1.49. The topological polar surface area (TPSA) is 120 Å². The summed E-state index contributed by atoms with van der Waals surface area (Å²) in [6, 6.07) is 34.9. The highest BCUT2D eigenvalue weighted by Crippen LogP contribution is 2.44. The molecule has 1 saturated heterocycles. The normalized spacial score (nSPS) is 19.6. The average molecular weight is 679 g/mol. The Balaban J connectivity index is 1.26. The van der Waals surface area contributed by atoms with Crippen LogP contribution >= 0.6 is 11.8 Å². The van der Waals surface area contributed by atoms with Gasteiger partial charge in [-0.05, 0) is 30.2 Å². The number of ether oxygens (including phenoxy) is 3. The van der Waals surface area contributed by atoms with Gasteiger partial charge in [0.1, 0.15) is 5.69 Å². The van der Waals surface area contributed by atoms with Crippen LogP contribution in [0.1, 0.15) is 49.9 Å². The van der Waals surface area contributed by atoms with E-state index in [1.807, 2.05) is 97.1 Å². The van der Waals surface area contributed by atoms with Gasteiger partial charge in [0.25, 0.3) is 11.1 Å². The Morgan fingerprint density at radius 2 is 1.59 bits per heavy atom. The number of thioether (sulfide) groups is 1. The molecule has 5 atom stereocenters. The molecule has 2 heterocycles. The molecule has 1 aliphatic heterocycles. The molecule has 9 nitrogen and oxygen atoms in total. The lowest BCUT2D eigenvalue weighted by molar-refractivity contribution is -0.268. The maximum Gasteiger partial charge on any atom is 0.303 e. The number of benzene rings is 4. The lowest BCUT2D eigenvalue weighted by atomic mass is 9.91. The zero-order valence-electron chi connectivity index (χ0n) is 27.4. The Hall–Kier alpha value is -4.74. The summed E-state index contributed by atoms with van der Waals surface area (Å²) < 4.78 is 24.7. The Bertz CT molecular complexity index is 1810. The molecular weight excluding hydrogens is 641 g/mol. The van der Waals surface area contributed by atoms with E-state index < -0.39 is 24.3 Å². The number of aromatic nitrogens is 1. The molecule has 6 rings (SSSR count). The maximum absolute atomic E-state index is 12.7. The molecule has 252 valence electrons. The minimum Gasteiger partial charge on any atom is -0.453 e. The van der Waals surface area contributed by atoms with Crippen LogP contribution in [0.15, 0.2) is 119 Å². The monoisotopic (exact) mass is 678 g/mol. The first-order valence-electron chi connectivity index (χ1n) is 16.1. The Kier molecular flexibility index (Phi) is 10.9. The second kappa shape index (κ2) is 15.7. The van der Waals surface area contributed by atoms with Crippen molar-refractivity contribution in [1.29, 1.82) is 0 Å². The molecular formula is C39H38N2O7S. The van der Waals surface area contributed by atoms with Gasteiger partial charge in [-0.3, -0.25) is 9.59 Å². The van der Waals surface area contributed by atoms with E-state index in [0.29, 0.717) is 28.0 Å². The summed E-state index contributed by atoms with van der Waals surface area (Å²) in [6.45, 7) is 4.83. The molecule has 0 aliphatic carbocycles. The van der Waals surface area contributed by atoms with Gasteiger partial charge in [0.05, 0.1) is 18.8 Å². The number of carbonyl (C=O) groups is 2. The number of aliphatic hydroxyl groups is 1. The fourth-order valence-electron chi connectivity index (χ4n) is 5.71. The fraction of sp³-hybridized carbons (Fsp3) is 0.256. The third-order valence-electron chi connectivity index (χ3n) is 8.32. The predicted octanol–water partition coefficient (Wildman–Crippen LogP) is 7.97. The van der Waals surface area contributed by atoms with Gasteiger partial charge < -0.3 is 29.1 Å². The van der Waals surface area contributed by atoms with Crippen LogP contribution in [0.3, 0.4) is 0 Å². The van der Waals surface area contributed by atoms with Gasteiger partial charge in [-0.25, -0.2) is 4.98 Å². The van der Waals surface area contributed by atoms with Crippen LogP contribution in [0.2, 0.25) is 0 Å². The van der Waals surface area contributed by atoms with Crippen molar-refractivity contribution >= 4 is 29.3 Å². The van der Waals surface area contributed by atoms with E-state index in [1.54, 1.807) is 12.1 Å². The molecule has 4 aromatic carbocycles. The fourth-order valence-corrected chi connectivity index (χ4v) is 6.70. The largest absolute Gasteiger partial charge is 0.453 e. The number of hydrogen-bond acceptors (Lipinski definition) is 9. The summed E-state index contributed by atoms with van der Waals surface area (Å²) in [5.41, 5.74) is 5.68. The first kappa shape index (κ1) is 34.1. The Morgan fingerprint density at radius 3 is 2.27 bits per heavy atom. The highest BCUT2D eigenvalue weighted by molar-refractivity contribution is 7.99. The number of carbonyl (C=O) groups excluding carboxylic acids is 2. The van der Waals surface area contributed by atoms with Gasteiger partial charge in [-0.2, -0.15) is 0 Å². The van der Waals surface area contributed by atoms with E-state index in [-0.39, 0.29) is 24.7 Å². The summed E-state index contributed by atoms with van der Waals surface area (Å²) in [5, 5.41) is 13.0. The number of oxazole rings is 1. The third kappa shape index (κ3) is 8.29. The lowest BCUT2D eigenvalue weighted by Gasteiger charge is -2.41. The third-order valence-corrected chi connectivity index (χ3v) is 9.24. The first-order chi connectivity index (χ1) is 23.8. The highest BCUT2D eigenvalue weighted by atomic mass is 32.2. The molecule has 1 amide bonds. The van der Waals surface area contributed by atoms with Crippen LogP contribution in [0.25, 0.3) is 22.6 Å². The van der Waals surface area contributed by atoms with Gasteiger partial charge in [0.15, 0.2) is 18.2 Å². The van der Waals surface area contributed by atoms with Gasteiger partial charge in [-0.15, -0.1) is 0 Å². The summed E-state index contributed by atoms with van der Waals surface area (Å²) in [6.07, 6.45) is -2.31. The van der Waals surface area contributed by atoms with Crippen LogP contribution in [-0.4, -0.2) is 39.9 Å². The van der Waals surface area contributed by atoms with Crippen LogP contribution in [0.5, 0.6) is 0 Å². The summed E-state index contributed by atoms with van der Waals surface area (Å²) in [5.74, 6) is 0.197. The highest BCUT2D eigenvalue weighted by Gasteiger charge is 2.39. The van der Waals surface area contributed by atoms with Gasteiger partial charge >= 0.3 is 5.97 Å². The number of rotatable bonds is 11. The summed E-state index contributed by atoms with van der Waals surface area (Å²) in [7, 11) is 0. The smallest absolute Gasteiger partial charge is 0.303 e. The van der Waals surface area contributed by atoms with E-state index in [2.05, 4.69) is 12.2 Å². The average Bonchev–Trinajstić information content (AvgIpc) is 3.56. The van der Waals surface area contributed by atoms with Crippen molar-refractivity contribution < 1.29 is 33.3 Å². The number of nitrogens with one attached hydrogen (secondary N) is 1. The van der Waals surface area contributed by atoms with E-state index in [9.17, 15) is 14.7 Å². The van der Waals surface area contributed by atoms with Crippen molar-refractivity contribution in [2.24, 2.45) is 5.92 Å². The molecule has 1 aliphatic rings. The molecule has 1 unspecified atom stereocenters. The molecule has 5 aromatic rings. The van der Waals surface area contributed by atoms with Crippen molar-refractivity contribution in [1.82, 2.24) is 4.98 Å². The SMILES string of the molecule is CC(=O)O[C@@H](C)C(=O)Nc1cccc(C2O[C@H](CSc3nc(-c4ccccc4)c(-c4ccccc4)o3)[C@H](C)[C@H](c3ccc(CO)cc3)O2)c1. The van der Waals surface area contributed by atoms with Gasteiger partial charge in [0.2, 0.25) is 0 Å². The number of esters is 1. The lowest BCUT2D eigenvalue weighted by Crippen LogP contribution is -2.38. The van der Waals surface area contributed by atoms with Crippen molar-refractivity contribution in [2.75, 3.05) is 11.1 Å². The molecule has 0 radical (unpaired) electrons. The van der Waals surface area contributed by atoms with Crippen LogP contribution in [0.4, 0.5) is 5.69 Å². The van der Waals surface area contributed by atoms with Crippen molar-refractivity contribution in [3.05, 3.63) is 126 Å². The summed E-state index contributed by atoms with van der Waals surface area (Å²) in [4.78, 5) is 28.9. The number of amides is 1. The van der Waals surface area contributed by atoms with E-state index in [1.165, 1.54) is 25.6 Å². The second-order valence-electron chi connectivity index (χ2n) is 11.9. The molecule has 2 N–H and O–H groups in total. The zero-order chi connectivity index (χ0) is 34.3. The zero-order valence-corrected chi connectivity index (χ0v) is 28.3. The molecule has 0 spiro atoms. The number of aliphatic hydroxyl groups excluding tert-OH is 1. The predicted molar refractivity (Wildman–Crippen MR) is 187 cm³/mol. The minimum absolute atomic E-state index is 0.0486. The molecule has 1 aromatic heterocycles. The number of anilines is 1. The minimum atomic E-state index is -0.947. The number of nitrogens with zero attached hydrogens (tertiary/aromatic N) is 1. The van der Waals surface area contributed by atoms with Crippen LogP contribution in [-0.2, 0) is 30.4 Å². The first-order valence-corrected chi connectivity index (χ1v) is 17.1. The molecule has 1 fully saturated rings. The maximum atomic E-state index is 12.7. The molecule has 10 heteroatoms. The van der Waals surface area contributed by atoms with E-state index in [4.69, 9.17) is 23.6 Å². The molecule has 49 heavy (non-hydrogen) atoms. The van der Waals surface area contributed by atoms with Crippen molar-refractivity contribution in [3.63, 3.8) is 0 Å². The Morgan fingerprint density at radius 1 is 0.898 bits per heavy atom. The van der Waals surface area contributed by atoms with E-state index >= 15 is 0 Å². The Labute approximate surface area is 289 Å².